The summed E-state index contributed by atoms with van der Waals surface area (Å²) in [5.74, 6) is 0.981. The van der Waals surface area contributed by atoms with Gasteiger partial charge >= 0.3 is 0 Å². The third-order valence-corrected chi connectivity index (χ3v) is 2.62. The molecule has 0 saturated carbocycles. The van der Waals surface area contributed by atoms with Crippen LogP contribution in [0.5, 0.6) is 5.75 Å². The first-order valence-corrected chi connectivity index (χ1v) is 5.25. The van der Waals surface area contributed by atoms with Crippen molar-refractivity contribution in [3.8, 4) is 5.75 Å². The molecule has 0 aromatic heterocycles. The van der Waals surface area contributed by atoms with Crippen molar-refractivity contribution >= 4 is 0 Å². The van der Waals surface area contributed by atoms with Crippen LogP contribution in [0.15, 0.2) is 24.3 Å². The van der Waals surface area contributed by atoms with Gasteiger partial charge in [0.1, 0.15) is 11.9 Å². The minimum Gasteiger partial charge on any atom is -0.485 e. The summed E-state index contributed by atoms with van der Waals surface area (Å²) in [5, 5.41) is 9.14. The molecule has 1 N–H and O–H groups in total. The van der Waals surface area contributed by atoms with Crippen molar-refractivity contribution in [2.75, 3.05) is 19.8 Å². The summed E-state index contributed by atoms with van der Waals surface area (Å²) >= 11 is 0. The van der Waals surface area contributed by atoms with Crippen LogP contribution in [0.1, 0.15) is 18.4 Å². The Labute approximate surface area is 89.6 Å². The number of rotatable bonds is 4. The van der Waals surface area contributed by atoms with Crippen molar-refractivity contribution in [1.29, 1.82) is 0 Å². The molecule has 0 radical (unpaired) electrons. The van der Waals surface area contributed by atoms with Gasteiger partial charge in [-0.1, -0.05) is 25.1 Å². The Morgan fingerprint density at radius 1 is 1.47 bits per heavy atom. The summed E-state index contributed by atoms with van der Waals surface area (Å²) in [4.78, 5) is 0. The number of hydrogen-bond acceptors (Lipinski definition) is 3. The van der Waals surface area contributed by atoms with E-state index >= 15 is 0 Å². The lowest BCUT2D eigenvalue weighted by atomic mass is 10.0. The standard InChI is InChI=1S/C12H16O3/c1-9(6-13)11-4-2-3-5-12(11)15-10-7-14-8-10/h2-5,9-10,13H,6-8H2,1H3. The second kappa shape index (κ2) is 4.64. The average Bonchev–Trinajstić information content (AvgIpc) is 2.23. The number of aliphatic hydroxyl groups is 1. The fraction of sp³-hybridized carbons (Fsp3) is 0.500. The van der Waals surface area contributed by atoms with Crippen LogP contribution in [0, 0.1) is 0 Å². The third kappa shape index (κ3) is 2.30. The average molecular weight is 208 g/mol. The zero-order valence-corrected chi connectivity index (χ0v) is 8.85. The van der Waals surface area contributed by atoms with Crippen LogP contribution in [-0.2, 0) is 4.74 Å². The molecule has 0 bridgehead atoms. The maximum Gasteiger partial charge on any atom is 0.145 e. The molecule has 1 aromatic carbocycles. The highest BCUT2D eigenvalue weighted by molar-refractivity contribution is 5.36. The molecule has 1 atom stereocenters. The fourth-order valence-corrected chi connectivity index (χ4v) is 1.56. The van der Waals surface area contributed by atoms with E-state index in [1.54, 1.807) is 0 Å². The number of ether oxygens (including phenoxy) is 2. The van der Waals surface area contributed by atoms with Crippen LogP contribution in [0.25, 0.3) is 0 Å². The summed E-state index contributed by atoms with van der Waals surface area (Å²) in [6.45, 7) is 3.46. The minimum atomic E-state index is 0.113. The molecule has 1 unspecified atom stereocenters. The Bertz CT molecular complexity index is 320. The second-order valence-corrected chi connectivity index (χ2v) is 3.90. The van der Waals surface area contributed by atoms with Gasteiger partial charge in [-0.3, -0.25) is 0 Å². The highest BCUT2D eigenvalue weighted by Gasteiger charge is 2.21. The SMILES string of the molecule is CC(CO)c1ccccc1OC1COC1. The van der Waals surface area contributed by atoms with Gasteiger partial charge in [0, 0.05) is 12.5 Å². The number of para-hydroxylation sites is 1. The first-order chi connectivity index (χ1) is 7.31. The molecule has 0 aliphatic carbocycles. The van der Waals surface area contributed by atoms with Crippen LogP contribution >= 0.6 is 0 Å². The van der Waals surface area contributed by atoms with Crippen molar-refractivity contribution in [1.82, 2.24) is 0 Å². The summed E-state index contributed by atoms with van der Waals surface area (Å²) in [6.07, 6.45) is 0.178. The van der Waals surface area contributed by atoms with Gasteiger partial charge in [-0.05, 0) is 11.6 Å². The second-order valence-electron chi connectivity index (χ2n) is 3.90. The van der Waals surface area contributed by atoms with Gasteiger partial charge in [-0.15, -0.1) is 0 Å². The van der Waals surface area contributed by atoms with Crippen molar-refractivity contribution < 1.29 is 14.6 Å². The van der Waals surface area contributed by atoms with Crippen LogP contribution < -0.4 is 4.74 Å². The van der Waals surface area contributed by atoms with Crippen molar-refractivity contribution in [3.63, 3.8) is 0 Å². The first kappa shape index (κ1) is 10.5. The highest BCUT2D eigenvalue weighted by Crippen LogP contribution is 2.27. The van der Waals surface area contributed by atoms with Gasteiger partial charge in [0.2, 0.25) is 0 Å². The quantitative estimate of drug-likeness (QED) is 0.816. The largest absolute Gasteiger partial charge is 0.485 e. The molecule has 1 aliphatic heterocycles. The molecule has 0 amide bonds. The van der Waals surface area contributed by atoms with Gasteiger partial charge < -0.3 is 14.6 Å². The predicted octanol–water partition coefficient (Wildman–Crippen LogP) is 1.56. The molecule has 1 aliphatic rings. The Balaban J connectivity index is 2.13. The summed E-state index contributed by atoms with van der Waals surface area (Å²) < 4.78 is 10.8. The topological polar surface area (TPSA) is 38.7 Å². The van der Waals surface area contributed by atoms with E-state index < -0.39 is 0 Å². The van der Waals surface area contributed by atoms with E-state index in [4.69, 9.17) is 14.6 Å². The maximum atomic E-state index is 9.14. The van der Waals surface area contributed by atoms with Crippen LogP contribution in [0.2, 0.25) is 0 Å². The Morgan fingerprint density at radius 3 is 2.80 bits per heavy atom. The molecule has 0 spiro atoms. The summed E-state index contributed by atoms with van der Waals surface area (Å²) in [6, 6.07) is 7.85. The van der Waals surface area contributed by atoms with Gasteiger partial charge in [0.15, 0.2) is 0 Å². The minimum absolute atomic E-state index is 0.113. The molecule has 1 saturated heterocycles. The van der Waals surface area contributed by atoms with Gasteiger partial charge in [-0.25, -0.2) is 0 Å². The van der Waals surface area contributed by atoms with E-state index in [0.717, 1.165) is 11.3 Å². The Kier molecular flexibility index (Phi) is 3.23. The van der Waals surface area contributed by atoms with Crippen LogP contribution in [0.3, 0.4) is 0 Å². The van der Waals surface area contributed by atoms with E-state index in [1.807, 2.05) is 31.2 Å². The molecular formula is C12H16O3. The van der Waals surface area contributed by atoms with Crippen molar-refractivity contribution in [2.24, 2.45) is 0 Å². The smallest absolute Gasteiger partial charge is 0.145 e. The Hall–Kier alpha value is -1.06. The van der Waals surface area contributed by atoms with E-state index in [2.05, 4.69) is 0 Å². The summed E-state index contributed by atoms with van der Waals surface area (Å²) in [5.41, 5.74) is 1.06. The third-order valence-electron chi connectivity index (χ3n) is 2.62. The zero-order valence-electron chi connectivity index (χ0n) is 8.85. The molecule has 3 heteroatoms. The first-order valence-electron chi connectivity index (χ1n) is 5.25. The van der Waals surface area contributed by atoms with Crippen LogP contribution in [0.4, 0.5) is 0 Å². The molecule has 2 rings (SSSR count). The Morgan fingerprint density at radius 2 is 2.20 bits per heavy atom. The van der Waals surface area contributed by atoms with Crippen LogP contribution in [-0.4, -0.2) is 31.0 Å². The van der Waals surface area contributed by atoms with Crippen molar-refractivity contribution in [3.05, 3.63) is 29.8 Å². The number of benzene rings is 1. The normalized spacial score (nSPS) is 18.3. The monoisotopic (exact) mass is 208 g/mol. The van der Waals surface area contributed by atoms with E-state index in [9.17, 15) is 0 Å². The molecular weight excluding hydrogens is 192 g/mol. The number of hydrogen-bond donors (Lipinski definition) is 1. The number of aliphatic hydroxyl groups excluding tert-OH is 1. The van der Waals surface area contributed by atoms with Gasteiger partial charge in [0.25, 0.3) is 0 Å². The molecule has 3 nitrogen and oxygen atoms in total. The van der Waals surface area contributed by atoms with Crippen molar-refractivity contribution in [2.45, 2.75) is 18.9 Å². The lowest BCUT2D eigenvalue weighted by Crippen LogP contribution is -2.38. The highest BCUT2D eigenvalue weighted by atomic mass is 16.6. The molecule has 82 valence electrons. The van der Waals surface area contributed by atoms with E-state index in [1.165, 1.54) is 0 Å². The molecule has 1 fully saturated rings. The lowest BCUT2D eigenvalue weighted by molar-refractivity contribution is -0.0801. The van der Waals surface area contributed by atoms with E-state index in [0.29, 0.717) is 13.2 Å². The molecule has 1 heterocycles. The van der Waals surface area contributed by atoms with Gasteiger partial charge in [-0.2, -0.15) is 0 Å². The predicted molar refractivity (Wildman–Crippen MR) is 57.2 cm³/mol. The van der Waals surface area contributed by atoms with E-state index in [-0.39, 0.29) is 18.6 Å². The fourth-order valence-electron chi connectivity index (χ4n) is 1.56. The zero-order chi connectivity index (χ0) is 10.7. The molecule has 15 heavy (non-hydrogen) atoms. The van der Waals surface area contributed by atoms with Gasteiger partial charge in [0.05, 0.1) is 13.2 Å². The lowest BCUT2D eigenvalue weighted by Gasteiger charge is -2.28. The molecule has 1 aromatic rings. The maximum absolute atomic E-state index is 9.14. The summed E-state index contributed by atoms with van der Waals surface area (Å²) in [7, 11) is 0.